The molecule has 0 aromatic heterocycles. The molecule has 0 heterocycles. The molecule has 0 aromatic rings. The molecule has 14 heavy (non-hydrogen) atoms. The van der Waals surface area contributed by atoms with Gasteiger partial charge in [0.15, 0.2) is 0 Å². The summed E-state index contributed by atoms with van der Waals surface area (Å²) < 4.78 is 0. The maximum Gasteiger partial charge on any atom is 0.324 e. The van der Waals surface area contributed by atoms with Crippen LogP contribution >= 0.6 is 11.8 Å². The van der Waals surface area contributed by atoms with E-state index in [0.717, 1.165) is 11.8 Å². The molecule has 0 spiro atoms. The number of hydrogen-bond acceptors (Lipinski definition) is 5. The number of nitrogens with two attached hydrogens (primary N) is 2. The predicted octanol–water partition coefficient (Wildman–Crippen LogP) is -1.07. The second-order valence-electron chi connectivity index (χ2n) is 3.18. The van der Waals surface area contributed by atoms with Crippen molar-refractivity contribution in [3.63, 3.8) is 0 Å². The Balaban J connectivity index is 3.85. The van der Waals surface area contributed by atoms with Gasteiger partial charge in [0, 0.05) is 11.5 Å². The number of carboxylic acid groups (broad SMARTS) is 2. The Morgan fingerprint density at radius 3 is 2.36 bits per heavy atom. The zero-order chi connectivity index (χ0) is 11.4. The van der Waals surface area contributed by atoms with E-state index in [9.17, 15) is 9.59 Å². The fraction of sp³-hybridized carbons (Fsp3) is 0.714. The van der Waals surface area contributed by atoms with Crippen molar-refractivity contribution in [3.05, 3.63) is 0 Å². The first-order valence-electron chi connectivity index (χ1n) is 3.86. The third kappa shape index (κ3) is 4.45. The van der Waals surface area contributed by atoms with Gasteiger partial charge in [0.05, 0.1) is 0 Å². The summed E-state index contributed by atoms with van der Waals surface area (Å²) in [6, 6.07) is -0.982. The molecule has 0 fully saturated rings. The van der Waals surface area contributed by atoms with Crippen LogP contribution in [0.2, 0.25) is 0 Å². The van der Waals surface area contributed by atoms with Crippen LogP contribution in [0, 0.1) is 0 Å². The van der Waals surface area contributed by atoms with Crippen LogP contribution in [0.25, 0.3) is 0 Å². The van der Waals surface area contributed by atoms with Gasteiger partial charge in [0.2, 0.25) is 0 Å². The molecule has 0 aliphatic rings. The minimum Gasteiger partial charge on any atom is -0.480 e. The number of carbonyl (C=O) groups is 2. The second-order valence-corrected chi connectivity index (χ2v) is 4.21. The quantitative estimate of drug-likeness (QED) is 0.451. The fourth-order valence-corrected chi connectivity index (χ4v) is 1.59. The number of rotatable bonds is 6. The summed E-state index contributed by atoms with van der Waals surface area (Å²) in [6.07, 6.45) is 0. The Morgan fingerprint density at radius 2 is 2.00 bits per heavy atom. The summed E-state index contributed by atoms with van der Waals surface area (Å²) in [7, 11) is 0. The van der Waals surface area contributed by atoms with Crippen molar-refractivity contribution >= 4 is 23.7 Å². The molecular formula is C7H14N2O4S. The van der Waals surface area contributed by atoms with Crippen molar-refractivity contribution in [3.8, 4) is 0 Å². The maximum absolute atomic E-state index is 10.5. The van der Waals surface area contributed by atoms with E-state index in [1.165, 1.54) is 6.92 Å². The third-order valence-electron chi connectivity index (χ3n) is 1.51. The van der Waals surface area contributed by atoms with Crippen molar-refractivity contribution in [1.82, 2.24) is 0 Å². The number of aliphatic carboxylic acids is 2. The molecule has 6 nitrogen and oxygen atoms in total. The van der Waals surface area contributed by atoms with E-state index in [1.54, 1.807) is 0 Å². The third-order valence-corrected chi connectivity index (χ3v) is 2.90. The molecule has 0 aliphatic heterocycles. The standard InChI is InChI=1S/C7H14N2O4S/c1-7(9,6(12)13)3-14-2-4(8)5(10)11/h4H,2-3,8-9H2,1H3,(H,10,11)(H,12,13)/t4-,7-/m0/s1. The molecule has 0 saturated heterocycles. The summed E-state index contributed by atoms with van der Waals surface area (Å²) in [5.41, 5.74) is 9.28. The van der Waals surface area contributed by atoms with Crippen LogP contribution in [-0.4, -0.2) is 45.2 Å². The summed E-state index contributed by atoms with van der Waals surface area (Å²) in [4.78, 5) is 20.8. The topological polar surface area (TPSA) is 127 Å². The highest BCUT2D eigenvalue weighted by atomic mass is 32.2. The summed E-state index contributed by atoms with van der Waals surface area (Å²) in [5, 5.41) is 17.1. The van der Waals surface area contributed by atoms with Gasteiger partial charge in [-0.15, -0.1) is 0 Å². The highest BCUT2D eigenvalue weighted by molar-refractivity contribution is 7.99. The van der Waals surface area contributed by atoms with E-state index >= 15 is 0 Å². The van der Waals surface area contributed by atoms with E-state index in [-0.39, 0.29) is 11.5 Å². The first kappa shape index (κ1) is 13.2. The van der Waals surface area contributed by atoms with Crippen molar-refractivity contribution in [2.45, 2.75) is 18.5 Å². The van der Waals surface area contributed by atoms with Crippen LogP contribution in [0.15, 0.2) is 0 Å². The Hall–Kier alpha value is -0.790. The van der Waals surface area contributed by atoms with Crippen molar-refractivity contribution in [2.75, 3.05) is 11.5 Å². The first-order chi connectivity index (χ1) is 6.27. The van der Waals surface area contributed by atoms with Gasteiger partial charge in [0.25, 0.3) is 0 Å². The molecule has 0 amide bonds. The lowest BCUT2D eigenvalue weighted by Crippen LogP contribution is -2.47. The van der Waals surface area contributed by atoms with E-state index in [2.05, 4.69) is 0 Å². The van der Waals surface area contributed by atoms with Gasteiger partial charge < -0.3 is 21.7 Å². The van der Waals surface area contributed by atoms with Gasteiger partial charge in [-0.2, -0.15) is 11.8 Å². The van der Waals surface area contributed by atoms with Gasteiger partial charge in [-0.25, -0.2) is 0 Å². The van der Waals surface area contributed by atoms with Gasteiger partial charge in [0.1, 0.15) is 11.6 Å². The zero-order valence-corrected chi connectivity index (χ0v) is 8.58. The molecule has 0 aromatic carbocycles. The predicted molar refractivity (Wildman–Crippen MR) is 53.2 cm³/mol. The molecule has 0 unspecified atom stereocenters. The van der Waals surface area contributed by atoms with Crippen LogP contribution in [0.3, 0.4) is 0 Å². The largest absolute Gasteiger partial charge is 0.480 e. The normalized spacial score (nSPS) is 17.1. The molecule has 0 aliphatic carbocycles. The summed E-state index contributed by atoms with van der Waals surface area (Å²) in [6.45, 7) is 1.37. The molecule has 6 N–H and O–H groups in total. The minimum absolute atomic E-state index is 0.128. The van der Waals surface area contributed by atoms with Gasteiger partial charge in [-0.05, 0) is 6.92 Å². The fourth-order valence-electron chi connectivity index (χ4n) is 0.531. The molecule has 2 atom stereocenters. The van der Waals surface area contributed by atoms with E-state index < -0.39 is 23.5 Å². The Bertz CT molecular complexity index is 232. The first-order valence-corrected chi connectivity index (χ1v) is 5.01. The lowest BCUT2D eigenvalue weighted by atomic mass is 10.1. The average molecular weight is 222 g/mol. The van der Waals surface area contributed by atoms with Crippen molar-refractivity contribution < 1.29 is 19.8 Å². The average Bonchev–Trinajstić information content (AvgIpc) is 2.03. The highest BCUT2D eigenvalue weighted by Crippen LogP contribution is 2.11. The van der Waals surface area contributed by atoms with E-state index in [0.29, 0.717) is 0 Å². The molecular weight excluding hydrogens is 208 g/mol. The molecule has 0 rings (SSSR count). The van der Waals surface area contributed by atoms with Crippen LogP contribution in [-0.2, 0) is 9.59 Å². The van der Waals surface area contributed by atoms with Crippen LogP contribution in [0.5, 0.6) is 0 Å². The Labute approximate surface area is 85.6 Å². The molecule has 0 saturated carbocycles. The Kier molecular flexibility index (Phi) is 4.89. The molecule has 7 heteroatoms. The SMILES string of the molecule is C[C@](N)(CSC[C@H](N)C(=O)O)C(=O)O. The zero-order valence-electron chi connectivity index (χ0n) is 7.77. The molecule has 0 radical (unpaired) electrons. The Morgan fingerprint density at radius 1 is 1.50 bits per heavy atom. The van der Waals surface area contributed by atoms with Crippen LogP contribution in [0.1, 0.15) is 6.92 Å². The maximum atomic E-state index is 10.5. The number of carboxylic acids is 2. The minimum atomic E-state index is -1.34. The number of hydrogen-bond donors (Lipinski definition) is 4. The summed E-state index contributed by atoms with van der Waals surface area (Å²) in [5.74, 6) is -1.95. The lowest BCUT2D eigenvalue weighted by Gasteiger charge is -2.18. The molecule has 0 bridgehead atoms. The van der Waals surface area contributed by atoms with Gasteiger partial charge >= 0.3 is 11.9 Å². The second kappa shape index (κ2) is 5.18. The smallest absolute Gasteiger partial charge is 0.324 e. The van der Waals surface area contributed by atoms with Gasteiger partial charge in [-0.1, -0.05) is 0 Å². The molecule has 82 valence electrons. The highest BCUT2D eigenvalue weighted by Gasteiger charge is 2.28. The number of thioether (sulfide) groups is 1. The lowest BCUT2D eigenvalue weighted by molar-refractivity contribution is -0.141. The van der Waals surface area contributed by atoms with Crippen LogP contribution in [0.4, 0.5) is 0 Å². The van der Waals surface area contributed by atoms with Crippen molar-refractivity contribution in [1.29, 1.82) is 0 Å². The van der Waals surface area contributed by atoms with E-state index in [1.807, 2.05) is 0 Å². The van der Waals surface area contributed by atoms with Gasteiger partial charge in [-0.3, -0.25) is 9.59 Å². The van der Waals surface area contributed by atoms with Crippen molar-refractivity contribution in [2.24, 2.45) is 11.5 Å². The summed E-state index contributed by atoms with van der Waals surface area (Å²) >= 11 is 1.11. The monoisotopic (exact) mass is 222 g/mol. The van der Waals surface area contributed by atoms with Crippen LogP contribution < -0.4 is 11.5 Å². The van der Waals surface area contributed by atoms with E-state index in [4.69, 9.17) is 21.7 Å².